The number of nitrogens with one attached hydrogen (secondary N) is 1. The Kier molecular flexibility index (Phi) is 7.96. The van der Waals surface area contributed by atoms with Crippen molar-refractivity contribution in [3.8, 4) is 0 Å². The number of hydrogen-bond acceptors (Lipinski definition) is 6. The lowest BCUT2D eigenvalue weighted by atomic mass is 9.77. The monoisotopic (exact) mass is 537 g/mol. The number of carboxylic acids is 1. The molecule has 2 N–H and O–H groups in total. The smallest absolute Gasteiger partial charge is 0.345 e. The summed E-state index contributed by atoms with van der Waals surface area (Å²) in [6.07, 6.45) is 6.70. The number of aliphatic carboxylic acids is 1. The van der Waals surface area contributed by atoms with Crippen LogP contribution in [0.25, 0.3) is 0 Å². The standard InChI is InChI=1S/C27H37F2N3O4S/c1-2-9-37-25-19(4-6-22(31-25)32-8-7-17(15-32)11-23(33)34)24(35)30-21-5-3-16-10-18-13-27(12-16,14-20(18)21)36-26(28)29/h4,6,16-18,20-21,26H,2-3,5,7-15H2,1H3,(H,30,35)(H,33,34)/t16?,17-,18?,20?,21-,27-/m0/s1. The van der Waals surface area contributed by atoms with Crippen molar-refractivity contribution in [1.82, 2.24) is 10.3 Å². The van der Waals surface area contributed by atoms with Crippen LogP contribution in [-0.2, 0) is 9.53 Å². The van der Waals surface area contributed by atoms with Crippen molar-refractivity contribution in [3.05, 3.63) is 17.7 Å². The van der Waals surface area contributed by atoms with Crippen molar-refractivity contribution >= 4 is 29.5 Å². The van der Waals surface area contributed by atoms with Crippen LogP contribution in [0.4, 0.5) is 14.6 Å². The summed E-state index contributed by atoms with van der Waals surface area (Å²) in [4.78, 5) is 31.6. The summed E-state index contributed by atoms with van der Waals surface area (Å²) in [5.41, 5.74) is -0.193. The summed E-state index contributed by atoms with van der Waals surface area (Å²) in [5.74, 6) is 1.63. The minimum Gasteiger partial charge on any atom is -0.481 e. The zero-order valence-corrected chi connectivity index (χ0v) is 22.2. The highest BCUT2D eigenvalue weighted by atomic mass is 32.2. The SMILES string of the molecule is CCCSc1nc(N2CC[C@@H](CC(=O)O)C2)ccc1C(=O)N[C@H]1CCC2CC3C[C@@](OC(F)F)(C2)CC31. The second kappa shape index (κ2) is 11.0. The zero-order chi connectivity index (χ0) is 26.2. The minimum atomic E-state index is -2.76. The van der Waals surface area contributed by atoms with E-state index in [1.165, 1.54) is 0 Å². The van der Waals surface area contributed by atoms with Gasteiger partial charge in [0.1, 0.15) is 10.8 Å². The van der Waals surface area contributed by atoms with Gasteiger partial charge in [-0.3, -0.25) is 9.59 Å². The van der Waals surface area contributed by atoms with E-state index < -0.39 is 18.2 Å². The number of amides is 1. The van der Waals surface area contributed by atoms with Gasteiger partial charge in [0, 0.05) is 25.6 Å². The van der Waals surface area contributed by atoms with Gasteiger partial charge >= 0.3 is 12.6 Å². The van der Waals surface area contributed by atoms with E-state index in [1.807, 2.05) is 12.1 Å². The Morgan fingerprint density at radius 3 is 2.86 bits per heavy atom. The predicted molar refractivity (Wildman–Crippen MR) is 137 cm³/mol. The summed E-state index contributed by atoms with van der Waals surface area (Å²) in [7, 11) is 0. The molecule has 37 heavy (non-hydrogen) atoms. The third kappa shape index (κ3) is 5.90. The van der Waals surface area contributed by atoms with E-state index in [1.54, 1.807) is 11.8 Å². The predicted octanol–water partition coefficient (Wildman–Crippen LogP) is 5.19. The summed E-state index contributed by atoms with van der Waals surface area (Å²) in [6.45, 7) is 0.728. The number of thioether (sulfide) groups is 1. The normalized spacial score (nSPS) is 32.6. The maximum absolute atomic E-state index is 13.6. The van der Waals surface area contributed by atoms with Crippen LogP contribution >= 0.6 is 11.8 Å². The summed E-state index contributed by atoms with van der Waals surface area (Å²) in [6, 6.07) is 3.65. The molecule has 10 heteroatoms. The molecule has 4 fully saturated rings. The molecular weight excluding hydrogens is 500 g/mol. The molecule has 3 unspecified atom stereocenters. The first kappa shape index (κ1) is 26.7. The molecule has 3 aliphatic carbocycles. The molecular formula is C27H37F2N3O4S. The van der Waals surface area contributed by atoms with Crippen molar-refractivity contribution in [2.75, 3.05) is 23.7 Å². The highest BCUT2D eigenvalue weighted by molar-refractivity contribution is 7.99. The second-order valence-corrected chi connectivity index (χ2v) is 12.5. The van der Waals surface area contributed by atoms with E-state index in [0.29, 0.717) is 48.2 Å². The third-order valence-electron chi connectivity index (χ3n) is 8.81. The largest absolute Gasteiger partial charge is 0.481 e. The molecule has 6 atom stereocenters. The number of hydrogen-bond donors (Lipinski definition) is 2. The Morgan fingerprint density at radius 2 is 2.11 bits per heavy atom. The molecule has 1 aromatic rings. The number of carboxylic acid groups (broad SMARTS) is 1. The van der Waals surface area contributed by atoms with Gasteiger partial charge in [0.2, 0.25) is 0 Å². The van der Waals surface area contributed by atoms with E-state index in [4.69, 9.17) is 14.8 Å². The number of ether oxygens (including phenoxy) is 1. The fourth-order valence-electron chi connectivity index (χ4n) is 7.39. The first-order valence-corrected chi connectivity index (χ1v) is 14.6. The maximum atomic E-state index is 13.6. The van der Waals surface area contributed by atoms with Gasteiger partial charge in [-0.2, -0.15) is 8.78 Å². The van der Waals surface area contributed by atoms with E-state index in [-0.39, 0.29) is 30.2 Å². The average molecular weight is 538 g/mol. The van der Waals surface area contributed by atoms with Gasteiger partial charge in [-0.1, -0.05) is 6.92 Å². The van der Waals surface area contributed by atoms with Crippen LogP contribution in [-0.4, -0.2) is 59.1 Å². The Balaban J connectivity index is 1.31. The van der Waals surface area contributed by atoms with E-state index in [9.17, 15) is 18.4 Å². The molecule has 1 saturated heterocycles. The molecule has 204 valence electrons. The number of pyridine rings is 1. The van der Waals surface area contributed by atoms with Crippen molar-refractivity contribution < 1.29 is 28.2 Å². The lowest BCUT2D eigenvalue weighted by Gasteiger charge is -2.37. The highest BCUT2D eigenvalue weighted by Crippen LogP contribution is 2.57. The molecule has 0 spiro atoms. The number of halogens is 2. The third-order valence-corrected chi connectivity index (χ3v) is 10.0. The van der Waals surface area contributed by atoms with Crippen LogP contribution in [0, 0.1) is 23.7 Å². The van der Waals surface area contributed by atoms with Crippen LogP contribution in [0.1, 0.15) is 75.1 Å². The van der Waals surface area contributed by atoms with Crippen LogP contribution < -0.4 is 10.2 Å². The number of anilines is 1. The zero-order valence-electron chi connectivity index (χ0n) is 21.3. The molecule has 3 bridgehead atoms. The van der Waals surface area contributed by atoms with E-state index in [0.717, 1.165) is 50.2 Å². The number of rotatable bonds is 10. The highest BCUT2D eigenvalue weighted by Gasteiger charge is 2.56. The van der Waals surface area contributed by atoms with E-state index in [2.05, 4.69) is 17.1 Å². The first-order valence-electron chi connectivity index (χ1n) is 13.6. The molecule has 1 amide bonds. The minimum absolute atomic E-state index is 0.0509. The van der Waals surface area contributed by atoms with Gasteiger partial charge in [0.15, 0.2) is 0 Å². The first-order chi connectivity index (χ1) is 17.7. The fourth-order valence-corrected chi connectivity index (χ4v) is 8.26. The van der Waals surface area contributed by atoms with Crippen LogP contribution in [0.3, 0.4) is 0 Å². The Morgan fingerprint density at radius 1 is 1.27 bits per heavy atom. The molecule has 2 heterocycles. The lowest BCUT2D eigenvalue weighted by molar-refractivity contribution is -0.219. The van der Waals surface area contributed by atoms with Crippen molar-refractivity contribution in [3.63, 3.8) is 0 Å². The summed E-state index contributed by atoms with van der Waals surface area (Å²) in [5, 5.41) is 13.1. The van der Waals surface area contributed by atoms with Crippen LogP contribution in [0.5, 0.6) is 0 Å². The molecule has 5 rings (SSSR count). The average Bonchev–Trinajstić information content (AvgIpc) is 3.37. The van der Waals surface area contributed by atoms with Gasteiger partial charge in [-0.25, -0.2) is 4.98 Å². The molecule has 3 saturated carbocycles. The number of fused-ring (bicyclic) bond motifs is 2. The molecule has 1 aromatic heterocycles. The van der Waals surface area contributed by atoms with E-state index >= 15 is 0 Å². The van der Waals surface area contributed by atoms with Gasteiger partial charge in [-0.15, -0.1) is 11.8 Å². The number of aromatic nitrogens is 1. The van der Waals surface area contributed by atoms with Gasteiger partial charge in [0.25, 0.3) is 5.91 Å². The second-order valence-electron chi connectivity index (χ2n) is 11.4. The Labute approximate surface area is 221 Å². The van der Waals surface area contributed by atoms with Crippen molar-refractivity contribution in [2.24, 2.45) is 23.7 Å². The molecule has 4 aliphatic rings. The summed E-state index contributed by atoms with van der Waals surface area (Å²) < 4.78 is 31.6. The molecule has 0 radical (unpaired) electrons. The molecule has 1 aliphatic heterocycles. The van der Waals surface area contributed by atoms with Gasteiger partial charge in [0.05, 0.1) is 11.2 Å². The number of nitrogens with zero attached hydrogens (tertiary/aromatic N) is 2. The molecule has 7 nitrogen and oxygen atoms in total. The van der Waals surface area contributed by atoms with Crippen LogP contribution in [0.15, 0.2) is 17.2 Å². The Hall–Kier alpha value is -1.94. The lowest BCUT2D eigenvalue weighted by Crippen LogP contribution is -2.43. The van der Waals surface area contributed by atoms with Crippen molar-refractivity contribution in [2.45, 2.75) is 88.0 Å². The summed E-state index contributed by atoms with van der Waals surface area (Å²) >= 11 is 1.56. The topological polar surface area (TPSA) is 91.8 Å². The number of carbonyl (C=O) groups excluding carboxylic acids is 1. The van der Waals surface area contributed by atoms with Gasteiger partial charge in [-0.05, 0) is 92.9 Å². The maximum Gasteiger partial charge on any atom is 0.345 e. The number of alkyl halides is 2. The quantitative estimate of drug-likeness (QED) is 0.397. The van der Waals surface area contributed by atoms with Crippen molar-refractivity contribution in [1.29, 1.82) is 0 Å². The van der Waals surface area contributed by atoms with Crippen LogP contribution in [0.2, 0.25) is 0 Å². The Bertz CT molecular complexity index is 1010. The molecule has 0 aromatic carbocycles. The van der Waals surface area contributed by atoms with Gasteiger partial charge < -0.3 is 20.1 Å². The fraction of sp³-hybridized carbons (Fsp3) is 0.741. The number of carbonyl (C=O) groups is 2.